The number of rotatable bonds is 5. The Morgan fingerprint density at radius 2 is 2.18 bits per heavy atom. The van der Waals surface area contributed by atoms with Crippen LogP contribution in [-0.4, -0.2) is 43.5 Å². The standard InChI is InChI=1S/C12H15ClINO2/c1-15(7-9(13)8-17-2)12(16)10-5-3-4-6-11(10)14/h3-6,9H,7-8H2,1-2H3. The highest BCUT2D eigenvalue weighted by atomic mass is 127. The Morgan fingerprint density at radius 1 is 1.53 bits per heavy atom. The van der Waals surface area contributed by atoms with Crippen molar-refractivity contribution in [1.82, 2.24) is 4.90 Å². The summed E-state index contributed by atoms with van der Waals surface area (Å²) in [6.07, 6.45) is 0. The lowest BCUT2D eigenvalue weighted by atomic mass is 10.2. The van der Waals surface area contributed by atoms with Crippen molar-refractivity contribution in [2.75, 3.05) is 27.3 Å². The topological polar surface area (TPSA) is 29.5 Å². The van der Waals surface area contributed by atoms with Crippen molar-refractivity contribution >= 4 is 40.1 Å². The molecule has 17 heavy (non-hydrogen) atoms. The van der Waals surface area contributed by atoms with Gasteiger partial charge >= 0.3 is 0 Å². The smallest absolute Gasteiger partial charge is 0.254 e. The molecule has 1 aromatic rings. The number of alkyl halides is 1. The minimum Gasteiger partial charge on any atom is -0.383 e. The number of amides is 1. The van der Waals surface area contributed by atoms with Crippen molar-refractivity contribution in [3.63, 3.8) is 0 Å². The second-order valence-corrected chi connectivity index (χ2v) is 5.50. The van der Waals surface area contributed by atoms with Gasteiger partial charge in [-0.15, -0.1) is 11.6 Å². The first kappa shape index (κ1) is 14.7. The number of carbonyl (C=O) groups is 1. The molecule has 0 aliphatic heterocycles. The zero-order valence-electron chi connectivity index (χ0n) is 9.82. The van der Waals surface area contributed by atoms with Crippen molar-refractivity contribution in [3.8, 4) is 0 Å². The molecule has 0 radical (unpaired) electrons. The fraction of sp³-hybridized carbons (Fsp3) is 0.417. The van der Waals surface area contributed by atoms with Crippen molar-refractivity contribution in [2.45, 2.75) is 5.38 Å². The molecule has 0 bridgehead atoms. The largest absolute Gasteiger partial charge is 0.383 e. The molecule has 0 heterocycles. The molecule has 5 heteroatoms. The predicted octanol–water partition coefficient (Wildman–Crippen LogP) is 2.62. The maximum atomic E-state index is 12.1. The molecular weight excluding hydrogens is 352 g/mol. The number of nitrogens with zero attached hydrogens (tertiary/aromatic N) is 1. The average molecular weight is 368 g/mol. The van der Waals surface area contributed by atoms with Gasteiger partial charge in [0.2, 0.25) is 0 Å². The Labute approximate surface area is 120 Å². The lowest BCUT2D eigenvalue weighted by Crippen LogP contribution is -2.34. The maximum Gasteiger partial charge on any atom is 0.254 e. The third-order valence-electron chi connectivity index (χ3n) is 2.27. The summed E-state index contributed by atoms with van der Waals surface area (Å²) in [6, 6.07) is 7.50. The normalized spacial score (nSPS) is 12.2. The van der Waals surface area contributed by atoms with Crippen molar-refractivity contribution in [3.05, 3.63) is 33.4 Å². The number of carbonyl (C=O) groups excluding carboxylic acids is 1. The molecule has 1 rings (SSSR count). The molecule has 0 N–H and O–H groups in total. The third kappa shape index (κ3) is 4.44. The van der Waals surface area contributed by atoms with Crippen LogP contribution in [0.25, 0.3) is 0 Å². The second kappa shape index (κ2) is 7.18. The van der Waals surface area contributed by atoms with E-state index in [1.807, 2.05) is 24.3 Å². The summed E-state index contributed by atoms with van der Waals surface area (Å²) in [5.41, 5.74) is 0.705. The van der Waals surface area contributed by atoms with Crippen LogP contribution in [-0.2, 0) is 4.74 Å². The molecule has 3 nitrogen and oxygen atoms in total. The Morgan fingerprint density at radius 3 is 2.76 bits per heavy atom. The van der Waals surface area contributed by atoms with Gasteiger partial charge < -0.3 is 9.64 Å². The number of hydrogen-bond donors (Lipinski definition) is 0. The summed E-state index contributed by atoms with van der Waals surface area (Å²) < 4.78 is 5.89. The first-order valence-corrected chi connectivity index (χ1v) is 6.70. The molecule has 1 atom stereocenters. The Hall–Kier alpha value is -0.330. The first-order chi connectivity index (χ1) is 8.06. The number of hydrogen-bond acceptors (Lipinski definition) is 2. The van der Waals surface area contributed by atoms with Gasteiger partial charge in [0.25, 0.3) is 5.91 Å². The molecule has 0 aliphatic carbocycles. The number of halogens is 2. The molecule has 0 saturated heterocycles. The third-order valence-corrected chi connectivity index (χ3v) is 3.48. The van der Waals surface area contributed by atoms with Crippen molar-refractivity contribution in [2.24, 2.45) is 0 Å². The van der Waals surface area contributed by atoms with Crippen molar-refractivity contribution < 1.29 is 9.53 Å². The zero-order valence-corrected chi connectivity index (χ0v) is 12.7. The van der Waals surface area contributed by atoms with Crippen LogP contribution in [0, 0.1) is 3.57 Å². The Balaban J connectivity index is 2.67. The van der Waals surface area contributed by atoms with Crippen LogP contribution in [0.2, 0.25) is 0 Å². The van der Waals surface area contributed by atoms with Crippen LogP contribution in [0.1, 0.15) is 10.4 Å². The van der Waals surface area contributed by atoms with E-state index >= 15 is 0 Å². The number of benzene rings is 1. The molecule has 0 saturated carbocycles. The second-order valence-electron chi connectivity index (χ2n) is 3.72. The SMILES string of the molecule is COCC(Cl)CN(C)C(=O)c1ccccc1I. The molecule has 0 aliphatic rings. The lowest BCUT2D eigenvalue weighted by molar-refractivity contribution is 0.0780. The van der Waals surface area contributed by atoms with Crippen LogP contribution >= 0.6 is 34.2 Å². The number of ether oxygens (including phenoxy) is 1. The fourth-order valence-corrected chi connectivity index (χ4v) is 2.41. The Kier molecular flexibility index (Phi) is 6.22. The quantitative estimate of drug-likeness (QED) is 0.591. The number of methoxy groups -OCH3 is 1. The van der Waals surface area contributed by atoms with Gasteiger partial charge in [-0.2, -0.15) is 0 Å². The predicted molar refractivity (Wildman–Crippen MR) is 77.6 cm³/mol. The molecule has 1 amide bonds. The van der Waals surface area contributed by atoms with Gasteiger partial charge in [-0.25, -0.2) is 0 Å². The monoisotopic (exact) mass is 367 g/mol. The highest BCUT2D eigenvalue weighted by molar-refractivity contribution is 14.1. The van der Waals surface area contributed by atoms with Crippen LogP contribution in [0.3, 0.4) is 0 Å². The highest BCUT2D eigenvalue weighted by Gasteiger charge is 2.17. The van der Waals surface area contributed by atoms with Gasteiger partial charge in [0.15, 0.2) is 0 Å². The summed E-state index contributed by atoms with van der Waals surface area (Å²) in [5, 5.41) is -0.185. The van der Waals surface area contributed by atoms with Gasteiger partial charge in [-0.1, -0.05) is 12.1 Å². The Bertz CT molecular complexity index is 387. The zero-order chi connectivity index (χ0) is 12.8. The van der Waals surface area contributed by atoms with E-state index in [9.17, 15) is 4.79 Å². The average Bonchev–Trinajstić information content (AvgIpc) is 2.29. The highest BCUT2D eigenvalue weighted by Crippen LogP contribution is 2.14. The molecule has 94 valence electrons. The van der Waals surface area contributed by atoms with Crippen LogP contribution in [0.5, 0.6) is 0 Å². The van der Waals surface area contributed by atoms with Crippen molar-refractivity contribution in [1.29, 1.82) is 0 Å². The molecule has 0 aromatic heterocycles. The van der Waals surface area contributed by atoms with Gasteiger partial charge in [0, 0.05) is 24.3 Å². The van der Waals surface area contributed by atoms with E-state index in [4.69, 9.17) is 16.3 Å². The lowest BCUT2D eigenvalue weighted by Gasteiger charge is -2.20. The van der Waals surface area contributed by atoms with Crippen LogP contribution in [0.4, 0.5) is 0 Å². The summed E-state index contributed by atoms with van der Waals surface area (Å²) in [4.78, 5) is 13.7. The van der Waals surface area contributed by atoms with E-state index in [1.54, 1.807) is 19.1 Å². The van der Waals surface area contributed by atoms with Gasteiger partial charge in [-0.3, -0.25) is 4.79 Å². The fourth-order valence-electron chi connectivity index (χ4n) is 1.45. The van der Waals surface area contributed by atoms with Crippen LogP contribution in [0.15, 0.2) is 24.3 Å². The maximum absolute atomic E-state index is 12.1. The van der Waals surface area contributed by atoms with Crippen LogP contribution < -0.4 is 0 Å². The van der Waals surface area contributed by atoms with Gasteiger partial charge in [0.1, 0.15) is 0 Å². The van der Waals surface area contributed by atoms with E-state index < -0.39 is 0 Å². The summed E-state index contributed by atoms with van der Waals surface area (Å²) >= 11 is 8.18. The van der Waals surface area contributed by atoms with E-state index in [2.05, 4.69) is 22.6 Å². The first-order valence-electron chi connectivity index (χ1n) is 5.19. The van der Waals surface area contributed by atoms with E-state index in [0.717, 1.165) is 3.57 Å². The van der Waals surface area contributed by atoms with E-state index in [0.29, 0.717) is 18.7 Å². The molecular formula is C12H15ClINO2. The summed E-state index contributed by atoms with van der Waals surface area (Å²) in [6.45, 7) is 0.907. The van der Waals surface area contributed by atoms with Gasteiger partial charge in [-0.05, 0) is 34.7 Å². The molecule has 0 spiro atoms. The molecule has 1 unspecified atom stereocenters. The van der Waals surface area contributed by atoms with E-state index in [1.165, 1.54) is 0 Å². The minimum absolute atomic E-state index is 0.0169. The minimum atomic E-state index is -0.185. The van der Waals surface area contributed by atoms with Gasteiger partial charge in [0.05, 0.1) is 17.5 Å². The summed E-state index contributed by atoms with van der Waals surface area (Å²) in [7, 11) is 3.34. The molecule has 1 aromatic carbocycles. The molecule has 0 fully saturated rings. The van der Waals surface area contributed by atoms with E-state index in [-0.39, 0.29) is 11.3 Å². The summed E-state index contributed by atoms with van der Waals surface area (Å²) in [5.74, 6) is -0.0169.